The smallest absolute Gasteiger partial charge is 0.267 e. The third-order valence-electron chi connectivity index (χ3n) is 7.16. The summed E-state index contributed by atoms with van der Waals surface area (Å²) in [4.78, 5) is 35.9. The molecule has 0 bridgehead atoms. The number of nitrogens with zero attached hydrogens (tertiary/aromatic N) is 3. The maximum Gasteiger partial charge on any atom is 0.267 e. The molecule has 7 heteroatoms. The van der Waals surface area contributed by atoms with Crippen LogP contribution in [0, 0.1) is 6.92 Å². The predicted molar refractivity (Wildman–Crippen MR) is 137 cm³/mol. The number of benzene rings is 1. The second kappa shape index (κ2) is 9.63. The van der Waals surface area contributed by atoms with Crippen molar-refractivity contribution in [3.63, 3.8) is 0 Å². The summed E-state index contributed by atoms with van der Waals surface area (Å²) in [6.07, 6.45) is 10.1. The summed E-state index contributed by atoms with van der Waals surface area (Å²) in [6.45, 7) is 2.02. The number of para-hydroxylation sites is 1. The number of amides is 1. The molecule has 0 unspecified atom stereocenters. The van der Waals surface area contributed by atoms with E-state index in [0.29, 0.717) is 17.0 Å². The third-order valence-corrected chi connectivity index (χ3v) is 9.26. The lowest BCUT2D eigenvalue weighted by molar-refractivity contribution is -0.129. The Labute approximate surface area is 203 Å². The first-order chi connectivity index (χ1) is 16.0. The molecule has 2 aromatic heterocycles. The molecule has 33 heavy (non-hydrogen) atoms. The molecule has 1 saturated carbocycles. The molecule has 5 nitrogen and oxygen atoms in total. The zero-order valence-corrected chi connectivity index (χ0v) is 21.1. The van der Waals surface area contributed by atoms with Crippen molar-refractivity contribution in [1.29, 1.82) is 0 Å². The Morgan fingerprint density at radius 3 is 2.70 bits per heavy atom. The minimum atomic E-state index is 0.00397. The van der Waals surface area contributed by atoms with Crippen LogP contribution in [0.4, 0.5) is 0 Å². The summed E-state index contributed by atoms with van der Waals surface area (Å²) < 4.78 is 1.75. The van der Waals surface area contributed by atoms with Crippen LogP contribution in [0.25, 0.3) is 15.9 Å². The highest BCUT2D eigenvalue weighted by Crippen LogP contribution is 2.35. The molecule has 2 aliphatic carbocycles. The number of thioether (sulfide) groups is 1. The molecule has 1 fully saturated rings. The van der Waals surface area contributed by atoms with Crippen LogP contribution in [0.5, 0.6) is 0 Å². The number of aromatic nitrogens is 2. The van der Waals surface area contributed by atoms with E-state index in [2.05, 4.69) is 0 Å². The van der Waals surface area contributed by atoms with Crippen molar-refractivity contribution in [2.75, 3.05) is 12.8 Å². The molecule has 0 aliphatic heterocycles. The van der Waals surface area contributed by atoms with Crippen molar-refractivity contribution in [3.05, 3.63) is 50.6 Å². The molecule has 2 aliphatic rings. The SMILES string of the molecule is Cc1ccccc1-n1c(SCC(=O)N(C)C2CCCCC2)nc2sc3c(c2c1=O)CCCC3. The zero-order valence-electron chi connectivity index (χ0n) is 19.4. The van der Waals surface area contributed by atoms with Crippen LogP contribution in [0.3, 0.4) is 0 Å². The average molecular weight is 482 g/mol. The summed E-state index contributed by atoms with van der Waals surface area (Å²) >= 11 is 3.06. The van der Waals surface area contributed by atoms with Crippen LogP contribution < -0.4 is 5.56 Å². The molecule has 0 N–H and O–H groups in total. The minimum Gasteiger partial charge on any atom is -0.342 e. The van der Waals surface area contributed by atoms with Crippen LogP contribution in [-0.2, 0) is 17.6 Å². The Hall–Kier alpha value is -2.12. The van der Waals surface area contributed by atoms with Gasteiger partial charge in [0.05, 0.1) is 16.8 Å². The van der Waals surface area contributed by atoms with Gasteiger partial charge in [-0.3, -0.25) is 14.2 Å². The van der Waals surface area contributed by atoms with Crippen molar-refractivity contribution >= 4 is 39.2 Å². The van der Waals surface area contributed by atoms with Gasteiger partial charge in [-0.15, -0.1) is 11.3 Å². The molecule has 1 aromatic carbocycles. The molecule has 3 aromatic rings. The number of rotatable bonds is 5. The van der Waals surface area contributed by atoms with Crippen molar-refractivity contribution < 1.29 is 4.79 Å². The number of carbonyl (C=O) groups excluding carboxylic acids is 1. The summed E-state index contributed by atoms with van der Waals surface area (Å²) in [5.74, 6) is 0.408. The number of carbonyl (C=O) groups is 1. The third kappa shape index (κ3) is 4.37. The monoisotopic (exact) mass is 481 g/mol. The predicted octanol–water partition coefficient (Wildman–Crippen LogP) is 5.52. The Kier molecular flexibility index (Phi) is 6.61. The number of fused-ring (bicyclic) bond motifs is 3. The van der Waals surface area contributed by atoms with Gasteiger partial charge < -0.3 is 4.90 Å². The first-order valence-electron chi connectivity index (χ1n) is 12.1. The van der Waals surface area contributed by atoms with E-state index < -0.39 is 0 Å². The fraction of sp³-hybridized carbons (Fsp3) is 0.500. The van der Waals surface area contributed by atoms with E-state index in [4.69, 9.17) is 4.98 Å². The van der Waals surface area contributed by atoms with Gasteiger partial charge in [0, 0.05) is 18.0 Å². The molecule has 0 atom stereocenters. The topological polar surface area (TPSA) is 55.2 Å². The second-order valence-corrected chi connectivity index (χ2v) is 11.3. The highest BCUT2D eigenvalue weighted by molar-refractivity contribution is 7.99. The summed E-state index contributed by atoms with van der Waals surface area (Å²) in [7, 11) is 1.93. The van der Waals surface area contributed by atoms with Gasteiger partial charge >= 0.3 is 0 Å². The molecular weight excluding hydrogens is 450 g/mol. The van der Waals surface area contributed by atoms with Crippen LogP contribution >= 0.6 is 23.1 Å². The molecule has 2 heterocycles. The lowest BCUT2D eigenvalue weighted by Crippen LogP contribution is -2.39. The quantitative estimate of drug-likeness (QED) is 0.356. The molecule has 1 amide bonds. The fourth-order valence-corrected chi connectivity index (χ4v) is 7.44. The Bertz CT molecular complexity index is 1240. The fourth-order valence-electron chi connectivity index (χ4n) is 5.21. The molecule has 0 radical (unpaired) electrons. The molecular formula is C26H31N3O2S2. The van der Waals surface area contributed by atoms with Crippen molar-refractivity contribution in [2.24, 2.45) is 0 Å². The van der Waals surface area contributed by atoms with Gasteiger partial charge in [0.25, 0.3) is 5.56 Å². The summed E-state index contributed by atoms with van der Waals surface area (Å²) in [6, 6.07) is 8.27. The highest BCUT2D eigenvalue weighted by Gasteiger charge is 2.25. The first-order valence-corrected chi connectivity index (χ1v) is 13.9. The van der Waals surface area contributed by atoms with Gasteiger partial charge in [0.1, 0.15) is 4.83 Å². The Morgan fingerprint density at radius 2 is 1.91 bits per heavy atom. The van der Waals surface area contributed by atoms with E-state index in [9.17, 15) is 9.59 Å². The number of hydrogen-bond acceptors (Lipinski definition) is 5. The van der Waals surface area contributed by atoms with E-state index >= 15 is 0 Å². The highest BCUT2D eigenvalue weighted by atomic mass is 32.2. The second-order valence-electron chi connectivity index (χ2n) is 9.30. The molecule has 174 valence electrons. The van der Waals surface area contributed by atoms with Gasteiger partial charge in [-0.2, -0.15) is 0 Å². The van der Waals surface area contributed by atoms with Gasteiger partial charge in [-0.1, -0.05) is 49.2 Å². The normalized spacial score (nSPS) is 16.7. The number of thiophene rings is 1. The van der Waals surface area contributed by atoms with E-state index in [0.717, 1.165) is 53.6 Å². The van der Waals surface area contributed by atoms with Crippen LogP contribution in [0.15, 0.2) is 34.2 Å². The van der Waals surface area contributed by atoms with Gasteiger partial charge in [-0.25, -0.2) is 4.98 Å². The summed E-state index contributed by atoms with van der Waals surface area (Å²) in [5, 5.41) is 1.40. The van der Waals surface area contributed by atoms with Gasteiger partial charge in [-0.05, 0) is 62.6 Å². The number of aryl methyl sites for hydroxylation is 3. The Balaban J connectivity index is 1.53. The van der Waals surface area contributed by atoms with Crippen LogP contribution in [-0.4, -0.2) is 39.2 Å². The molecule has 5 rings (SSSR count). The lowest BCUT2D eigenvalue weighted by atomic mass is 9.94. The maximum absolute atomic E-state index is 13.9. The van der Waals surface area contributed by atoms with Gasteiger partial charge in [0.2, 0.25) is 5.91 Å². The largest absolute Gasteiger partial charge is 0.342 e. The molecule has 0 spiro atoms. The zero-order chi connectivity index (χ0) is 22.9. The van der Waals surface area contributed by atoms with Crippen LogP contribution in [0.2, 0.25) is 0 Å². The first kappa shape index (κ1) is 22.7. The van der Waals surface area contributed by atoms with E-state index in [-0.39, 0.29) is 11.5 Å². The molecule has 0 saturated heterocycles. The van der Waals surface area contributed by atoms with Crippen molar-refractivity contribution in [3.8, 4) is 5.69 Å². The van der Waals surface area contributed by atoms with Gasteiger partial charge in [0.15, 0.2) is 5.16 Å². The minimum absolute atomic E-state index is 0.00397. The maximum atomic E-state index is 13.9. The number of hydrogen-bond donors (Lipinski definition) is 0. The summed E-state index contributed by atoms with van der Waals surface area (Å²) in [5.41, 5.74) is 3.08. The Morgan fingerprint density at radius 1 is 1.15 bits per heavy atom. The lowest BCUT2D eigenvalue weighted by Gasteiger charge is -2.31. The van der Waals surface area contributed by atoms with E-state index in [1.54, 1.807) is 15.9 Å². The van der Waals surface area contributed by atoms with E-state index in [1.807, 2.05) is 43.1 Å². The van der Waals surface area contributed by atoms with E-state index in [1.165, 1.54) is 47.9 Å². The van der Waals surface area contributed by atoms with Crippen molar-refractivity contribution in [1.82, 2.24) is 14.5 Å². The standard InChI is InChI=1S/C26H31N3O2S2/c1-17-10-6-8-14-20(17)29-25(31)23-19-13-7-9-15-21(19)33-24(23)27-26(29)32-16-22(30)28(2)18-11-4-3-5-12-18/h6,8,10,14,18H,3-5,7,9,11-13,15-16H2,1-2H3. The average Bonchev–Trinajstić information content (AvgIpc) is 3.22. The van der Waals surface area contributed by atoms with Crippen LogP contribution in [0.1, 0.15) is 60.9 Å². The van der Waals surface area contributed by atoms with Crippen molar-refractivity contribution in [2.45, 2.75) is 75.9 Å².